The number of carbonyl (C=O) groups is 1. The molecule has 1 fully saturated rings. The second-order valence-electron chi connectivity index (χ2n) is 7.85. The summed E-state index contributed by atoms with van der Waals surface area (Å²) in [6.07, 6.45) is 6.58. The standard InChI is InChI=1S/C23H22N6O2/c30-21-10-19(25-14-26-21)17-7-4-8-28(13-17)23(31)18-9-20-22(24-11-18)29(15-27-20)12-16-5-2-1-3-6-16/h1-3,5-6,9-11,14-15,17H,4,7-8,12-13H2,(H,25,26,30). The van der Waals surface area contributed by atoms with Gasteiger partial charge in [0.25, 0.3) is 11.5 Å². The summed E-state index contributed by atoms with van der Waals surface area (Å²) in [7, 11) is 0. The number of rotatable bonds is 4. The zero-order chi connectivity index (χ0) is 21.2. The van der Waals surface area contributed by atoms with Crippen LogP contribution in [0.25, 0.3) is 11.2 Å². The van der Waals surface area contributed by atoms with Crippen LogP contribution in [0.1, 0.15) is 40.4 Å². The van der Waals surface area contributed by atoms with Gasteiger partial charge in [0.2, 0.25) is 0 Å². The fourth-order valence-corrected chi connectivity index (χ4v) is 4.15. The van der Waals surface area contributed by atoms with E-state index in [0.29, 0.717) is 30.7 Å². The number of aromatic nitrogens is 5. The Bertz CT molecular complexity index is 1280. The van der Waals surface area contributed by atoms with Crippen molar-refractivity contribution in [2.24, 2.45) is 0 Å². The van der Waals surface area contributed by atoms with Crippen molar-refractivity contribution in [1.82, 2.24) is 29.4 Å². The van der Waals surface area contributed by atoms with Gasteiger partial charge in [-0.2, -0.15) is 0 Å². The fraction of sp³-hybridized carbons (Fsp3) is 0.261. The molecule has 156 valence electrons. The van der Waals surface area contributed by atoms with Gasteiger partial charge in [-0.1, -0.05) is 30.3 Å². The Hall–Kier alpha value is -3.81. The number of nitrogens with one attached hydrogen (secondary N) is 1. The van der Waals surface area contributed by atoms with Crippen molar-refractivity contribution in [1.29, 1.82) is 0 Å². The Labute approximate surface area is 178 Å². The SMILES string of the molecule is O=C(c1cnc2c(c1)ncn2Cc1ccccc1)N1CCCC(c2cc(=O)[nH]cn2)C1. The van der Waals surface area contributed by atoms with Crippen LogP contribution in [-0.4, -0.2) is 48.4 Å². The molecule has 1 aliphatic heterocycles. The van der Waals surface area contributed by atoms with Crippen LogP contribution in [-0.2, 0) is 6.54 Å². The molecule has 3 aromatic heterocycles. The van der Waals surface area contributed by atoms with Gasteiger partial charge in [0.1, 0.15) is 5.52 Å². The summed E-state index contributed by atoms with van der Waals surface area (Å²) < 4.78 is 1.98. The molecule has 4 heterocycles. The van der Waals surface area contributed by atoms with E-state index in [0.717, 1.165) is 29.7 Å². The molecule has 1 aliphatic rings. The number of carbonyl (C=O) groups excluding carboxylic acids is 1. The van der Waals surface area contributed by atoms with Crippen LogP contribution in [0.3, 0.4) is 0 Å². The molecule has 1 atom stereocenters. The molecule has 1 N–H and O–H groups in total. The van der Waals surface area contributed by atoms with Crippen molar-refractivity contribution >= 4 is 17.1 Å². The van der Waals surface area contributed by atoms with Crippen molar-refractivity contribution < 1.29 is 4.79 Å². The number of H-pyrrole nitrogens is 1. The summed E-state index contributed by atoms with van der Waals surface area (Å²) >= 11 is 0. The monoisotopic (exact) mass is 414 g/mol. The van der Waals surface area contributed by atoms with E-state index in [9.17, 15) is 9.59 Å². The average molecular weight is 414 g/mol. The predicted molar refractivity (Wildman–Crippen MR) is 116 cm³/mol. The Morgan fingerprint density at radius 2 is 2.00 bits per heavy atom. The average Bonchev–Trinajstić information content (AvgIpc) is 3.21. The molecule has 0 radical (unpaired) electrons. The van der Waals surface area contributed by atoms with E-state index in [4.69, 9.17) is 0 Å². The Morgan fingerprint density at radius 1 is 1.13 bits per heavy atom. The van der Waals surface area contributed by atoms with Gasteiger partial charge in [-0.05, 0) is 24.5 Å². The maximum atomic E-state index is 13.1. The third-order valence-corrected chi connectivity index (χ3v) is 5.72. The number of pyridine rings is 1. The number of aromatic amines is 1. The van der Waals surface area contributed by atoms with Crippen LogP contribution in [0.5, 0.6) is 0 Å². The minimum Gasteiger partial charge on any atom is -0.338 e. The molecule has 0 saturated carbocycles. The van der Waals surface area contributed by atoms with Crippen LogP contribution in [0.15, 0.2) is 66.1 Å². The van der Waals surface area contributed by atoms with E-state index in [1.165, 1.54) is 12.4 Å². The molecule has 1 amide bonds. The summed E-state index contributed by atoms with van der Waals surface area (Å²) in [5, 5.41) is 0. The van der Waals surface area contributed by atoms with Gasteiger partial charge in [0.05, 0.1) is 30.5 Å². The smallest absolute Gasteiger partial charge is 0.255 e. The van der Waals surface area contributed by atoms with Crippen LogP contribution in [0.4, 0.5) is 0 Å². The highest BCUT2D eigenvalue weighted by Gasteiger charge is 2.27. The Kier molecular flexibility index (Phi) is 5.03. The van der Waals surface area contributed by atoms with Gasteiger partial charge in [0.15, 0.2) is 5.65 Å². The molecule has 31 heavy (non-hydrogen) atoms. The number of fused-ring (bicyclic) bond motifs is 1. The maximum Gasteiger partial charge on any atom is 0.255 e. The lowest BCUT2D eigenvalue weighted by atomic mass is 9.94. The normalized spacial score (nSPS) is 16.5. The van der Waals surface area contributed by atoms with Crippen LogP contribution in [0.2, 0.25) is 0 Å². The quantitative estimate of drug-likeness (QED) is 0.554. The molecular formula is C23H22N6O2. The number of benzene rings is 1. The minimum atomic E-state index is -0.172. The molecule has 0 spiro atoms. The summed E-state index contributed by atoms with van der Waals surface area (Å²) in [6, 6.07) is 13.4. The first-order chi connectivity index (χ1) is 15.2. The zero-order valence-corrected chi connectivity index (χ0v) is 16.9. The number of nitrogens with zero attached hydrogens (tertiary/aromatic N) is 5. The highest BCUT2D eigenvalue weighted by atomic mass is 16.2. The molecule has 8 nitrogen and oxygen atoms in total. The van der Waals surface area contributed by atoms with E-state index in [1.54, 1.807) is 18.6 Å². The predicted octanol–water partition coefficient (Wildman–Crippen LogP) is 2.58. The molecule has 5 rings (SSSR count). The topological polar surface area (TPSA) is 96.8 Å². The Morgan fingerprint density at radius 3 is 2.84 bits per heavy atom. The lowest BCUT2D eigenvalue weighted by molar-refractivity contribution is 0.0705. The highest BCUT2D eigenvalue weighted by Crippen LogP contribution is 2.26. The van der Waals surface area contributed by atoms with Gasteiger partial charge in [0, 0.05) is 31.3 Å². The van der Waals surface area contributed by atoms with Gasteiger partial charge in [-0.25, -0.2) is 15.0 Å². The van der Waals surface area contributed by atoms with Gasteiger partial charge in [-0.3, -0.25) is 9.59 Å². The number of hydrogen-bond donors (Lipinski definition) is 1. The Balaban J connectivity index is 1.35. The summed E-state index contributed by atoms with van der Waals surface area (Å²) in [5.41, 5.74) is 3.70. The summed E-state index contributed by atoms with van der Waals surface area (Å²) in [5.74, 6) is -0.0108. The second kappa shape index (κ2) is 8.14. The van der Waals surface area contributed by atoms with Gasteiger partial charge in [-0.15, -0.1) is 0 Å². The lowest BCUT2D eigenvalue weighted by Crippen LogP contribution is -2.39. The van der Waals surface area contributed by atoms with E-state index < -0.39 is 0 Å². The third-order valence-electron chi connectivity index (χ3n) is 5.72. The van der Waals surface area contributed by atoms with Crippen molar-refractivity contribution in [2.75, 3.05) is 13.1 Å². The lowest BCUT2D eigenvalue weighted by Gasteiger charge is -2.32. The first-order valence-corrected chi connectivity index (χ1v) is 10.4. The summed E-state index contributed by atoms with van der Waals surface area (Å²) in [4.78, 5) is 42.4. The first kappa shape index (κ1) is 19.2. The third kappa shape index (κ3) is 3.96. The van der Waals surface area contributed by atoms with E-state index in [2.05, 4.69) is 32.1 Å². The highest BCUT2D eigenvalue weighted by molar-refractivity contribution is 5.96. The number of piperidine rings is 1. The van der Waals surface area contributed by atoms with Crippen LogP contribution >= 0.6 is 0 Å². The largest absolute Gasteiger partial charge is 0.338 e. The van der Waals surface area contributed by atoms with Gasteiger partial charge < -0.3 is 14.5 Å². The summed E-state index contributed by atoms with van der Waals surface area (Å²) in [6.45, 7) is 1.89. The molecular weight excluding hydrogens is 392 g/mol. The number of amides is 1. The fourth-order valence-electron chi connectivity index (χ4n) is 4.15. The number of likely N-dealkylation sites (tertiary alicyclic amines) is 1. The van der Waals surface area contributed by atoms with E-state index >= 15 is 0 Å². The number of imidazole rings is 1. The van der Waals surface area contributed by atoms with Crippen LogP contribution in [0, 0.1) is 0 Å². The second-order valence-corrected chi connectivity index (χ2v) is 7.85. The molecule has 1 aromatic carbocycles. The van der Waals surface area contributed by atoms with Crippen molar-refractivity contribution in [3.8, 4) is 0 Å². The van der Waals surface area contributed by atoms with Gasteiger partial charge >= 0.3 is 0 Å². The van der Waals surface area contributed by atoms with Crippen molar-refractivity contribution in [3.05, 3.63) is 88.5 Å². The molecule has 8 heteroatoms. The molecule has 0 bridgehead atoms. The molecule has 4 aromatic rings. The van der Waals surface area contributed by atoms with Crippen LogP contribution < -0.4 is 5.56 Å². The maximum absolute atomic E-state index is 13.1. The van der Waals surface area contributed by atoms with Crippen molar-refractivity contribution in [2.45, 2.75) is 25.3 Å². The first-order valence-electron chi connectivity index (χ1n) is 10.4. The van der Waals surface area contributed by atoms with Crippen molar-refractivity contribution in [3.63, 3.8) is 0 Å². The minimum absolute atomic E-state index is 0.0572. The molecule has 1 unspecified atom stereocenters. The molecule has 1 saturated heterocycles. The van der Waals surface area contributed by atoms with E-state index in [1.807, 2.05) is 27.7 Å². The molecule has 0 aliphatic carbocycles. The van der Waals surface area contributed by atoms with E-state index in [-0.39, 0.29) is 17.4 Å². The zero-order valence-electron chi connectivity index (χ0n) is 16.9. The number of hydrogen-bond acceptors (Lipinski definition) is 5.